The van der Waals surface area contributed by atoms with E-state index in [1.807, 2.05) is 13.0 Å². The van der Waals surface area contributed by atoms with Gasteiger partial charge < -0.3 is 20.3 Å². The summed E-state index contributed by atoms with van der Waals surface area (Å²) in [4.78, 5) is 22.3. The summed E-state index contributed by atoms with van der Waals surface area (Å²) in [6.45, 7) is 1.24. The summed E-state index contributed by atoms with van der Waals surface area (Å²) in [5.74, 6) is -1.06. The van der Waals surface area contributed by atoms with Crippen LogP contribution in [0, 0.1) is 6.92 Å². The van der Waals surface area contributed by atoms with Crippen molar-refractivity contribution >= 4 is 11.9 Å². The van der Waals surface area contributed by atoms with Crippen molar-refractivity contribution in [1.29, 1.82) is 0 Å². The van der Waals surface area contributed by atoms with Crippen molar-refractivity contribution in [3.8, 4) is 5.75 Å². The number of carbonyl (C=O) groups excluding carboxylic acids is 1. The third kappa shape index (κ3) is 4.26. The number of hydrogen-bond donors (Lipinski definition) is 3. The molecule has 1 rings (SSSR count). The molecular weight excluding hydrogens is 250 g/mol. The molecule has 3 N–H and O–H groups in total. The molecule has 6 nitrogen and oxygen atoms in total. The standard InChI is InChI=1S/C13H17NO5/c1-8-3-4-9(5-11(8)19-2)6-12(16)14-10(7-15)13(17)18/h3-5,10,15H,6-7H2,1-2H3,(H,14,16)(H,17,18)/t10-/m1/s1. The van der Waals surface area contributed by atoms with Gasteiger partial charge in [0.15, 0.2) is 0 Å². The maximum absolute atomic E-state index is 11.6. The first-order valence-electron chi connectivity index (χ1n) is 5.74. The van der Waals surface area contributed by atoms with Gasteiger partial charge in [-0.25, -0.2) is 4.79 Å². The second-order valence-electron chi connectivity index (χ2n) is 4.12. The maximum Gasteiger partial charge on any atom is 0.328 e. The van der Waals surface area contributed by atoms with Gasteiger partial charge in [0, 0.05) is 0 Å². The van der Waals surface area contributed by atoms with E-state index in [-0.39, 0.29) is 6.42 Å². The number of carbonyl (C=O) groups is 2. The summed E-state index contributed by atoms with van der Waals surface area (Å²) in [6, 6.07) is 4.04. The van der Waals surface area contributed by atoms with Crippen LogP contribution in [0.25, 0.3) is 0 Å². The van der Waals surface area contributed by atoms with E-state index in [1.54, 1.807) is 19.2 Å². The lowest BCUT2D eigenvalue weighted by atomic mass is 10.1. The number of methoxy groups -OCH3 is 1. The second-order valence-corrected chi connectivity index (χ2v) is 4.12. The van der Waals surface area contributed by atoms with E-state index in [0.29, 0.717) is 11.3 Å². The summed E-state index contributed by atoms with van der Waals surface area (Å²) >= 11 is 0. The van der Waals surface area contributed by atoms with Crippen LogP contribution in [0.3, 0.4) is 0 Å². The highest BCUT2D eigenvalue weighted by Crippen LogP contribution is 2.19. The van der Waals surface area contributed by atoms with Crippen LogP contribution in [-0.4, -0.2) is 41.8 Å². The molecule has 0 bridgehead atoms. The molecule has 0 saturated carbocycles. The average molecular weight is 267 g/mol. The minimum atomic E-state index is -1.28. The lowest BCUT2D eigenvalue weighted by molar-refractivity contribution is -0.142. The van der Waals surface area contributed by atoms with Crippen LogP contribution in [0.1, 0.15) is 11.1 Å². The lowest BCUT2D eigenvalue weighted by Crippen LogP contribution is -2.43. The zero-order chi connectivity index (χ0) is 14.4. The molecule has 1 amide bonds. The van der Waals surface area contributed by atoms with Crippen LogP contribution in [0.2, 0.25) is 0 Å². The van der Waals surface area contributed by atoms with Gasteiger partial charge in [-0.3, -0.25) is 4.79 Å². The number of carboxylic acids is 1. The van der Waals surface area contributed by atoms with E-state index in [2.05, 4.69) is 5.32 Å². The van der Waals surface area contributed by atoms with Gasteiger partial charge in [-0.1, -0.05) is 12.1 Å². The molecule has 0 aliphatic rings. The number of aliphatic carboxylic acids is 1. The Balaban J connectivity index is 2.69. The largest absolute Gasteiger partial charge is 0.496 e. The number of carboxylic acid groups (broad SMARTS) is 1. The number of aryl methyl sites for hydroxylation is 1. The Morgan fingerprint density at radius 3 is 2.63 bits per heavy atom. The normalized spacial score (nSPS) is 11.7. The van der Waals surface area contributed by atoms with Crippen molar-refractivity contribution < 1.29 is 24.5 Å². The molecule has 1 atom stereocenters. The van der Waals surface area contributed by atoms with E-state index < -0.39 is 24.5 Å². The number of amides is 1. The highest BCUT2D eigenvalue weighted by Gasteiger charge is 2.18. The predicted molar refractivity (Wildman–Crippen MR) is 68.1 cm³/mol. The fourth-order valence-electron chi connectivity index (χ4n) is 1.59. The number of nitrogens with one attached hydrogen (secondary N) is 1. The van der Waals surface area contributed by atoms with E-state index in [4.69, 9.17) is 14.9 Å². The minimum absolute atomic E-state index is 0.0282. The van der Waals surface area contributed by atoms with E-state index in [0.717, 1.165) is 5.56 Å². The Morgan fingerprint density at radius 2 is 2.11 bits per heavy atom. The van der Waals surface area contributed by atoms with E-state index >= 15 is 0 Å². The third-order valence-electron chi connectivity index (χ3n) is 2.65. The number of hydrogen-bond acceptors (Lipinski definition) is 4. The Bertz CT molecular complexity index is 472. The molecule has 0 aliphatic carbocycles. The smallest absolute Gasteiger partial charge is 0.328 e. The molecule has 0 heterocycles. The van der Waals surface area contributed by atoms with Gasteiger partial charge in [-0.05, 0) is 24.1 Å². The van der Waals surface area contributed by atoms with Crippen LogP contribution in [0.4, 0.5) is 0 Å². The van der Waals surface area contributed by atoms with Crippen molar-refractivity contribution in [1.82, 2.24) is 5.32 Å². The van der Waals surface area contributed by atoms with Crippen LogP contribution < -0.4 is 10.1 Å². The fraction of sp³-hybridized carbons (Fsp3) is 0.385. The molecular formula is C13H17NO5. The summed E-state index contributed by atoms with van der Waals surface area (Å²) in [7, 11) is 1.54. The number of ether oxygens (including phenoxy) is 1. The quantitative estimate of drug-likeness (QED) is 0.679. The van der Waals surface area contributed by atoms with Gasteiger partial charge in [0.05, 0.1) is 20.1 Å². The minimum Gasteiger partial charge on any atom is -0.496 e. The van der Waals surface area contributed by atoms with Gasteiger partial charge in [0.2, 0.25) is 5.91 Å². The molecule has 0 saturated heterocycles. The zero-order valence-electron chi connectivity index (χ0n) is 10.8. The second kappa shape index (κ2) is 6.75. The Kier molecular flexibility index (Phi) is 5.32. The summed E-state index contributed by atoms with van der Waals surface area (Å²) in [6.07, 6.45) is 0.0282. The molecule has 0 radical (unpaired) electrons. The van der Waals surface area contributed by atoms with Gasteiger partial charge >= 0.3 is 5.97 Å². The molecule has 0 fully saturated rings. The molecule has 0 aromatic heterocycles. The number of aliphatic hydroxyl groups is 1. The van der Waals surface area contributed by atoms with Gasteiger partial charge in [-0.15, -0.1) is 0 Å². The Labute approximate surface area is 111 Å². The first kappa shape index (κ1) is 15.0. The average Bonchev–Trinajstić information content (AvgIpc) is 2.37. The van der Waals surface area contributed by atoms with Crippen molar-refractivity contribution in [2.45, 2.75) is 19.4 Å². The first-order chi connectivity index (χ1) is 8.97. The highest BCUT2D eigenvalue weighted by atomic mass is 16.5. The van der Waals surface area contributed by atoms with E-state index in [9.17, 15) is 9.59 Å². The fourth-order valence-corrected chi connectivity index (χ4v) is 1.59. The molecule has 6 heteroatoms. The molecule has 104 valence electrons. The first-order valence-corrected chi connectivity index (χ1v) is 5.74. The third-order valence-corrected chi connectivity index (χ3v) is 2.65. The maximum atomic E-state index is 11.6. The SMILES string of the molecule is COc1cc(CC(=O)N[C@H](CO)C(=O)O)ccc1C. The number of benzene rings is 1. The molecule has 1 aromatic carbocycles. The lowest BCUT2D eigenvalue weighted by Gasteiger charge is -2.12. The molecule has 1 aromatic rings. The van der Waals surface area contributed by atoms with Crippen molar-refractivity contribution in [3.05, 3.63) is 29.3 Å². The topological polar surface area (TPSA) is 95.9 Å². The van der Waals surface area contributed by atoms with Gasteiger partial charge in [0.1, 0.15) is 11.8 Å². The zero-order valence-corrected chi connectivity index (χ0v) is 10.8. The van der Waals surface area contributed by atoms with Crippen LogP contribution in [0.15, 0.2) is 18.2 Å². The van der Waals surface area contributed by atoms with E-state index in [1.165, 1.54) is 0 Å². The van der Waals surface area contributed by atoms with Crippen LogP contribution in [0.5, 0.6) is 5.75 Å². The van der Waals surface area contributed by atoms with Gasteiger partial charge in [-0.2, -0.15) is 0 Å². The van der Waals surface area contributed by atoms with Crippen LogP contribution in [-0.2, 0) is 16.0 Å². The summed E-state index contributed by atoms with van der Waals surface area (Å²) in [5, 5.41) is 19.8. The van der Waals surface area contributed by atoms with Crippen molar-refractivity contribution in [2.75, 3.05) is 13.7 Å². The monoisotopic (exact) mass is 267 g/mol. The predicted octanol–water partition coefficient (Wildman–Crippen LogP) is 0.108. The molecule has 19 heavy (non-hydrogen) atoms. The highest BCUT2D eigenvalue weighted by molar-refractivity contribution is 5.85. The Morgan fingerprint density at radius 1 is 1.42 bits per heavy atom. The van der Waals surface area contributed by atoms with Crippen molar-refractivity contribution in [2.24, 2.45) is 0 Å². The number of aliphatic hydroxyl groups excluding tert-OH is 1. The molecule has 0 spiro atoms. The van der Waals surface area contributed by atoms with Crippen molar-refractivity contribution in [3.63, 3.8) is 0 Å². The molecule has 0 unspecified atom stereocenters. The summed E-state index contributed by atoms with van der Waals surface area (Å²) in [5.41, 5.74) is 1.66. The van der Waals surface area contributed by atoms with Crippen LogP contribution >= 0.6 is 0 Å². The number of rotatable bonds is 6. The van der Waals surface area contributed by atoms with Gasteiger partial charge in [0.25, 0.3) is 0 Å². The molecule has 0 aliphatic heterocycles. The summed E-state index contributed by atoms with van der Waals surface area (Å²) < 4.78 is 5.14. The Hall–Kier alpha value is -2.08.